The standard InChI is InChI=1S/C19H20F2N2O3S/c1-12(17-7-5-15(20)11-18(17)21)22-27(25,26)16-6-8-19-14(10-16)4-3-9-23(19)13(2)24/h5-8,10-12,22H,3-4,9H2,1-2H3/t12-/m0/s1. The summed E-state index contributed by atoms with van der Waals surface area (Å²) in [6, 6.07) is 6.73. The van der Waals surface area contributed by atoms with Gasteiger partial charge >= 0.3 is 0 Å². The number of halogens is 2. The lowest BCUT2D eigenvalue weighted by molar-refractivity contribution is -0.116. The van der Waals surface area contributed by atoms with E-state index >= 15 is 0 Å². The third-order valence-corrected chi connectivity index (χ3v) is 6.16. The molecule has 1 aliphatic heterocycles. The Balaban J connectivity index is 1.88. The topological polar surface area (TPSA) is 66.5 Å². The van der Waals surface area contributed by atoms with E-state index in [1.165, 1.54) is 26.0 Å². The van der Waals surface area contributed by atoms with Gasteiger partial charge in [-0.15, -0.1) is 0 Å². The number of rotatable bonds is 4. The van der Waals surface area contributed by atoms with Gasteiger partial charge in [0.25, 0.3) is 0 Å². The quantitative estimate of drug-likeness (QED) is 0.865. The van der Waals surface area contributed by atoms with Crippen LogP contribution in [-0.2, 0) is 21.2 Å². The third kappa shape index (κ3) is 4.01. The highest BCUT2D eigenvalue weighted by Crippen LogP contribution is 2.30. The Morgan fingerprint density at radius 3 is 2.59 bits per heavy atom. The molecule has 0 aliphatic carbocycles. The summed E-state index contributed by atoms with van der Waals surface area (Å²) in [4.78, 5) is 13.4. The first-order chi connectivity index (χ1) is 12.7. The second kappa shape index (κ2) is 7.36. The van der Waals surface area contributed by atoms with Gasteiger partial charge < -0.3 is 4.90 Å². The van der Waals surface area contributed by atoms with Crippen LogP contribution in [-0.4, -0.2) is 20.9 Å². The maximum absolute atomic E-state index is 13.9. The number of sulfonamides is 1. The molecular weight excluding hydrogens is 374 g/mol. The Morgan fingerprint density at radius 2 is 1.93 bits per heavy atom. The van der Waals surface area contributed by atoms with Crippen LogP contribution < -0.4 is 9.62 Å². The number of nitrogens with one attached hydrogen (secondary N) is 1. The normalized spacial score (nSPS) is 15.3. The lowest BCUT2D eigenvalue weighted by atomic mass is 10.0. The maximum Gasteiger partial charge on any atom is 0.241 e. The molecule has 1 N–H and O–H groups in total. The van der Waals surface area contributed by atoms with Crippen molar-refractivity contribution in [3.8, 4) is 0 Å². The summed E-state index contributed by atoms with van der Waals surface area (Å²) >= 11 is 0. The van der Waals surface area contributed by atoms with Crippen molar-refractivity contribution in [3.05, 3.63) is 59.2 Å². The van der Waals surface area contributed by atoms with E-state index in [1.54, 1.807) is 17.0 Å². The molecule has 0 bridgehead atoms. The van der Waals surface area contributed by atoms with Crippen LogP contribution in [0.1, 0.15) is 37.4 Å². The van der Waals surface area contributed by atoms with Gasteiger partial charge in [-0.1, -0.05) is 6.07 Å². The van der Waals surface area contributed by atoms with E-state index in [0.29, 0.717) is 18.7 Å². The molecule has 0 aromatic heterocycles. The van der Waals surface area contributed by atoms with E-state index in [0.717, 1.165) is 24.1 Å². The van der Waals surface area contributed by atoms with Crippen LogP contribution in [0.15, 0.2) is 41.3 Å². The number of aryl methyl sites for hydroxylation is 1. The Morgan fingerprint density at radius 1 is 1.19 bits per heavy atom. The number of amides is 1. The first kappa shape index (κ1) is 19.4. The maximum atomic E-state index is 13.9. The first-order valence-electron chi connectivity index (χ1n) is 8.57. The van der Waals surface area contributed by atoms with Gasteiger partial charge in [-0.25, -0.2) is 21.9 Å². The smallest absolute Gasteiger partial charge is 0.241 e. The van der Waals surface area contributed by atoms with Gasteiger partial charge in [0.1, 0.15) is 11.6 Å². The zero-order valence-corrected chi connectivity index (χ0v) is 15.8. The Labute approximate surface area is 157 Å². The molecule has 1 amide bonds. The minimum atomic E-state index is -3.92. The van der Waals surface area contributed by atoms with Crippen molar-refractivity contribution in [3.63, 3.8) is 0 Å². The molecule has 0 saturated heterocycles. The molecule has 2 aromatic carbocycles. The van der Waals surface area contributed by atoms with E-state index < -0.39 is 27.7 Å². The van der Waals surface area contributed by atoms with E-state index in [9.17, 15) is 22.0 Å². The third-order valence-electron chi connectivity index (χ3n) is 4.62. The predicted octanol–water partition coefficient (Wildman–Crippen LogP) is 3.30. The lowest BCUT2D eigenvalue weighted by Crippen LogP contribution is -2.34. The summed E-state index contributed by atoms with van der Waals surface area (Å²) in [7, 11) is -3.92. The van der Waals surface area contributed by atoms with Crippen LogP contribution in [0.3, 0.4) is 0 Å². The fourth-order valence-electron chi connectivity index (χ4n) is 3.28. The summed E-state index contributed by atoms with van der Waals surface area (Å²) in [5.74, 6) is -1.63. The Hall–Kier alpha value is -2.32. The SMILES string of the molecule is CC(=O)N1CCCc2cc(S(=O)(=O)N[C@@H](C)c3ccc(F)cc3F)ccc21. The summed E-state index contributed by atoms with van der Waals surface area (Å²) in [6.45, 7) is 3.57. The summed E-state index contributed by atoms with van der Waals surface area (Å²) in [6.07, 6.45) is 1.42. The highest BCUT2D eigenvalue weighted by Gasteiger charge is 2.25. The number of carbonyl (C=O) groups excluding carboxylic acids is 1. The number of hydrogen-bond donors (Lipinski definition) is 1. The van der Waals surface area contributed by atoms with Crippen LogP contribution >= 0.6 is 0 Å². The van der Waals surface area contributed by atoms with Crippen molar-refractivity contribution < 1.29 is 22.0 Å². The van der Waals surface area contributed by atoms with Crippen LogP contribution in [0.5, 0.6) is 0 Å². The highest BCUT2D eigenvalue weighted by molar-refractivity contribution is 7.89. The minimum absolute atomic E-state index is 0.0426. The average Bonchev–Trinajstić information content (AvgIpc) is 2.60. The molecule has 3 rings (SSSR count). The van der Waals surface area contributed by atoms with Crippen molar-refractivity contribution in [2.45, 2.75) is 37.6 Å². The second-order valence-electron chi connectivity index (χ2n) is 6.57. The molecule has 0 unspecified atom stereocenters. The van der Waals surface area contributed by atoms with E-state index in [-0.39, 0.29) is 16.4 Å². The van der Waals surface area contributed by atoms with Crippen molar-refractivity contribution in [2.75, 3.05) is 11.4 Å². The van der Waals surface area contributed by atoms with E-state index in [1.807, 2.05) is 0 Å². The number of carbonyl (C=O) groups is 1. The zero-order chi connectivity index (χ0) is 19.8. The van der Waals surface area contributed by atoms with Crippen LogP contribution in [0, 0.1) is 11.6 Å². The number of hydrogen-bond acceptors (Lipinski definition) is 3. The van der Waals surface area contributed by atoms with E-state index in [2.05, 4.69) is 4.72 Å². The molecule has 1 atom stereocenters. The molecule has 8 heteroatoms. The monoisotopic (exact) mass is 394 g/mol. The van der Waals surface area contributed by atoms with E-state index in [4.69, 9.17) is 0 Å². The molecule has 0 saturated carbocycles. The van der Waals surface area contributed by atoms with Gasteiger partial charge in [0.2, 0.25) is 15.9 Å². The second-order valence-corrected chi connectivity index (χ2v) is 8.29. The van der Waals surface area contributed by atoms with Crippen molar-refractivity contribution >= 4 is 21.6 Å². The van der Waals surface area contributed by atoms with Gasteiger partial charge in [0, 0.05) is 36.8 Å². The molecule has 0 spiro atoms. The molecule has 5 nitrogen and oxygen atoms in total. The molecule has 1 heterocycles. The highest BCUT2D eigenvalue weighted by atomic mass is 32.2. The predicted molar refractivity (Wildman–Crippen MR) is 97.9 cm³/mol. The average molecular weight is 394 g/mol. The lowest BCUT2D eigenvalue weighted by Gasteiger charge is -2.29. The van der Waals surface area contributed by atoms with Gasteiger partial charge in [0.05, 0.1) is 4.90 Å². The van der Waals surface area contributed by atoms with Crippen LogP contribution in [0.25, 0.3) is 0 Å². The van der Waals surface area contributed by atoms with Crippen molar-refractivity contribution in [2.24, 2.45) is 0 Å². The molecule has 1 aliphatic rings. The van der Waals surface area contributed by atoms with Crippen molar-refractivity contribution in [1.82, 2.24) is 4.72 Å². The first-order valence-corrected chi connectivity index (χ1v) is 10.1. The van der Waals surface area contributed by atoms with Gasteiger partial charge in [-0.05, 0) is 49.6 Å². The van der Waals surface area contributed by atoms with Gasteiger partial charge in [-0.2, -0.15) is 0 Å². The van der Waals surface area contributed by atoms with Crippen LogP contribution in [0.2, 0.25) is 0 Å². The largest absolute Gasteiger partial charge is 0.312 e. The number of benzene rings is 2. The van der Waals surface area contributed by atoms with Gasteiger partial charge in [0.15, 0.2) is 0 Å². The summed E-state index contributed by atoms with van der Waals surface area (Å²) < 4.78 is 54.8. The molecule has 144 valence electrons. The summed E-state index contributed by atoms with van der Waals surface area (Å²) in [5, 5.41) is 0. The number of fused-ring (bicyclic) bond motifs is 1. The molecule has 0 radical (unpaired) electrons. The fourth-order valence-corrected chi connectivity index (χ4v) is 4.56. The number of nitrogens with zero attached hydrogens (tertiary/aromatic N) is 1. The Kier molecular flexibility index (Phi) is 5.30. The minimum Gasteiger partial charge on any atom is -0.312 e. The van der Waals surface area contributed by atoms with Gasteiger partial charge in [-0.3, -0.25) is 4.79 Å². The zero-order valence-electron chi connectivity index (χ0n) is 15.0. The number of anilines is 1. The Bertz CT molecular complexity index is 992. The fraction of sp³-hybridized carbons (Fsp3) is 0.316. The molecule has 2 aromatic rings. The summed E-state index contributed by atoms with van der Waals surface area (Å²) in [5.41, 5.74) is 1.55. The molecule has 0 fully saturated rings. The molecule has 27 heavy (non-hydrogen) atoms. The molecular formula is C19H20F2N2O3S. The van der Waals surface area contributed by atoms with Crippen LogP contribution in [0.4, 0.5) is 14.5 Å². The van der Waals surface area contributed by atoms with Crippen molar-refractivity contribution in [1.29, 1.82) is 0 Å².